The third kappa shape index (κ3) is 2.08. The summed E-state index contributed by atoms with van der Waals surface area (Å²) in [6.45, 7) is 2.84. The predicted octanol–water partition coefficient (Wildman–Crippen LogP) is 3.67. The Morgan fingerprint density at radius 3 is 2.80 bits per heavy atom. The Labute approximate surface area is 97.8 Å². The van der Waals surface area contributed by atoms with E-state index in [0.29, 0.717) is 13.2 Å². The Hall–Kier alpha value is -0.410. The van der Waals surface area contributed by atoms with E-state index in [2.05, 4.69) is 15.9 Å². The molecular formula is C12H14BrFO. The Morgan fingerprint density at radius 1 is 1.47 bits per heavy atom. The Balaban J connectivity index is 2.31. The van der Waals surface area contributed by atoms with Crippen molar-refractivity contribution in [2.75, 3.05) is 13.2 Å². The molecule has 1 aliphatic heterocycles. The summed E-state index contributed by atoms with van der Waals surface area (Å²) < 4.78 is 20.8. The summed E-state index contributed by atoms with van der Waals surface area (Å²) >= 11 is 3.40. The fraction of sp³-hybridized carbons (Fsp3) is 0.500. The van der Waals surface area contributed by atoms with Gasteiger partial charge >= 0.3 is 0 Å². The van der Waals surface area contributed by atoms with Crippen molar-refractivity contribution in [3.8, 4) is 0 Å². The molecule has 1 fully saturated rings. The van der Waals surface area contributed by atoms with E-state index in [1.54, 1.807) is 6.92 Å². The molecule has 1 aliphatic rings. The maximum atomic E-state index is 14.7. The summed E-state index contributed by atoms with van der Waals surface area (Å²) in [6.07, 6.45) is 0.800. The van der Waals surface area contributed by atoms with Crippen LogP contribution in [0, 0.1) is 5.92 Å². The van der Waals surface area contributed by atoms with E-state index in [-0.39, 0.29) is 5.92 Å². The van der Waals surface area contributed by atoms with E-state index >= 15 is 0 Å². The van der Waals surface area contributed by atoms with Gasteiger partial charge in [0.2, 0.25) is 0 Å². The molecule has 1 aromatic rings. The van der Waals surface area contributed by atoms with Crippen LogP contribution < -0.4 is 0 Å². The molecule has 0 aliphatic carbocycles. The lowest BCUT2D eigenvalue weighted by Crippen LogP contribution is -2.27. The molecule has 15 heavy (non-hydrogen) atoms. The largest absolute Gasteiger partial charge is 0.381 e. The van der Waals surface area contributed by atoms with Gasteiger partial charge in [0.1, 0.15) is 5.67 Å². The second-order valence-corrected chi connectivity index (χ2v) is 4.97. The highest BCUT2D eigenvalue weighted by molar-refractivity contribution is 9.10. The van der Waals surface area contributed by atoms with Crippen molar-refractivity contribution in [3.63, 3.8) is 0 Å². The van der Waals surface area contributed by atoms with Gasteiger partial charge in [-0.25, -0.2) is 4.39 Å². The fourth-order valence-electron chi connectivity index (χ4n) is 2.04. The Morgan fingerprint density at radius 2 is 2.20 bits per heavy atom. The van der Waals surface area contributed by atoms with Crippen LogP contribution in [-0.4, -0.2) is 13.2 Å². The number of alkyl halides is 1. The van der Waals surface area contributed by atoms with Crippen molar-refractivity contribution < 1.29 is 9.13 Å². The molecule has 82 valence electrons. The summed E-state index contributed by atoms with van der Waals surface area (Å²) in [5.74, 6) is -0.0313. The van der Waals surface area contributed by atoms with Gasteiger partial charge in [0.05, 0.1) is 6.61 Å². The van der Waals surface area contributed by atoms with Crippen LogP contribution >= 0.6 is 15.9 Å². The lowest BCUT2D eigenvalue weighted by atomic mass is 9.84. The molecule has 0 N–H and O–H groups in total. The quantitative estimate of drug-likeness (QED) is 0.798. The first-order chi connectivity index (χ1) is 7.12. The van der Waals surface area contributed by atoms with Crippen molar-refractivity contribution in [2.24, 2.45) is 5.92 Å². The molecule has 3 heteroatoms. The first-order valence-electron chi connectivity index (χ1n) is 5.14. The molecule has 1 saturated heterocycles. The standard InChI is InChI=1S/C12H14BrFO/c1-12(14,9-6-7-15-8-9)10-4-2-3-5-11(10)13/h2-5,9H,6-8H2,1H3. The van der Waals surface area contributed by atoms with E-state index in [9.17, 15) is 4.39 Å². The second-order valence-electron chi connectivity index (χ2n) is 4.12. The van der Waals surface area contributed by atoms with E-state index in [0.717, 1.165) is 16.5 Å². The van der Waals surface area contributed by atoms with Gasteiger partial charge < -0.3 is 4.74 Å². The molecule has 1 nitrogen and oxygen atoms in total. The van der Waals surface area contributed by atoms with Crippen LogP contribution in [0.2, 0.25) is 0 Å². The minimum absolute atomic E-state index is 0.0313. The van der Waals surface area contributed by atoms with Gasteiger partial charge in [0.15, 0.2) is 0 Å². The normalized spacial score (nSPS) is 25.1. The maximum Gasteiger partial charge on any atom is 0.139 e. The van der Waals surface area contributed by atoms with Gasteiger partial charge in [-0.2, -0.15) is 0 Å². The monoisotopic (exact) mass is 272 g/mol. The summed E-state index contributed by atoms with van der Waals surface area (Å²) in [5.41, 5.74) is -0.586. The zero-order valence-electron chi connectivity index (χ0n) is 8.67. The van der Waals surface area contributed by atoms with Crippen molar-refractivity contribution in [2.45, 2.75) is 19.0 Å². The number of benzene rings is 1. The van der Waals surface area contributed by atoms with Crippen LogP contribution in [-0.2, 0) is 10.4 Å². The van der Waals surface area contributed by atoms with Crippen molar-refractivity contribution >= 4 is 15.9 Å². The van der Waals surface area contributed by atoms with Crippen molar-refractivity contribution in [3.05, 3.63) is 34.3 Å². The summed E-state index contributed by atoms with van der Waals surface area (Å²) in [7, 11) is 0. The van der Waals surface area contributed by atoms with Gasteiger partial charge in [0, 0.05) is 22.6 Å². The number of hydrogen-bond donors (Lipinski definition) is 0. The number of hydrogen-bond acceptors (Lipinski definition) is 1. The first-order valence-corrected chi connectivity index (χ1v) is 5.93. The van der Waals surface area contributed by atoms with Gasteiger partial charge in [-0.05, 0) is 19.4 Å². The topological polar surface area (TPSA) is 9.23 Å². The van der Waals surface area contributed by atoms with Crippen LogP contribution in [0.4, 0.5) is 4.39 Å². The minimum Gasteiger partial charge on any atom is -0.381 e. The summed E-state index contributed by atoms with van der Waals surface area (Å²) in [5, 5.41) is 0. The van der Waals surface area contributed by atoms with Crippen LogP contribution in [0.5, 0.6) is 0 Å². The smallest absolute Gasteiger partial charge is 0.139 e. The minimum atomic E-state index is -1.31. The number of ether oxygens (including phenoxy) is 1. The van der Waals surface area contributed by atoms with Gasteiger partial charge in [-0.1, -0.05) is 34.1 Å². The molecule has 2 unspecified atom stereocenters. The molecule has 1 heterocycles. The molecule has 0 aromatic heterocycles. The average molecular weight is 273 g/mol. The number of rotatable bonds is 2. The van der Waals surface area contributed by atoms with Crippen molar-refractivity contribution in [1.82, 2.24) is 0 Å². The highest BCUT2D eigenvalue weighted by Crippen LogP contribution is 2.41. The van der Waals surface area contributed by atoms with Gasteiger partial charge in [-0.15, -0.1) is 0 Å². The zero-order chi connectivity index (χ0) is 10.9. The van der Waals surface area contributed by atoms with Crippen LogP contribution in [0.25, 0.3) is 0 Å². The molecule has 2 rings (SSSR count). The molecular weight excluding hydrogens is 259 g/mol. The van der Waals surface area contributed by atoms with Gasteiger partial charge in [0.25, 0.3) is 0 Å². The third-order valence-electron chi connectivity index (χ3n) is 3.10. The fourth-order valence-corrected chi connectivity index (χ4v) is 2.71. The SMILES string of the molecule is CC(F)(c1ccccc1Br)C1CCOC1. The molecule has 0 radical (unpaired) electrons. The van der Waals surface area contributed by atoms with Crippen molar-refractivity contribution in [1.29, 1.82) is 0 Å². The van der Waals surface area contributed by atoms with E-state index in [1.807, 2.05) is 24.3 Å². The molecule has 0 saturated carbocycles. The molecule has 0 amide bonds. The average Bonchev–Trinajstić information content (AvgIpc) is 2.71. The lowest BCUT2D eigenvalue weighted by molar-refractivity contribution is 0.0818. The highest BCUT2D eigenvalue weighted by atomic mass is 79.9. The second kappa shape index (κ2) is 4.22. The number of halogens is 2. The maximum absolute atomic E-state index is 14.7. The summed E-state index contributed by atoms with van der Waals surface area (Å²) in [4.78, 5) is 0. The Bertz CT molecular complexity index is 345. The molecule has 1 aromatic carbocycles. The van der Waals surface area contributed by atoms with E-state index in [4.69, 9.17) is 4.74 Å². The molecule has 0 bridgehead atoms. The van der Waals surface area contributed by atoms with Crippen LogP contribution in [0.3, 0.4) is 0 Å². The molecule has 2 atom stereocenters. The highest BCUT2D eigenvalue weighted by Gasteiger charge is 2.39. The van der Waals surface area contributed by atoms with Crippen LogP contribution in [0.1, 0.15) is 18.9 Å². The zero-order valence-corrected chi connectivity index (χ0v) is 10.3. The Kier molecular flexibility index (Phi) is 3.12. The van der Waals surface area contributed by atoms with Crippen LogP contribution in [0.15, 0.2) is 28.7 Å². The third-order valence-corrected chi connectivity index (χ3v) is 3.79. The lowest BCUT2D eigenvalue weighted by Gasteiger charge is -2.27. The summed E-state index contributed by atoms with van der Waals surface area (Å²) in [6, 6.07) is 7.48. The first kappa shape index (κ1) is 11.1. The van der Waals surface area contributed by atoms with E-state index < -0.39 is 5.67 Å². The molecule has 0 spiro atoms. The van der Waals surface area contributed by atoms with Gasteiger partial charge in [-0.3, -0.25) is 0 Å². The predicted molar refractivity (Wildman–Crippen MR) is 61.5 cm³/mol. The van der Waals surface area contributed by atoms with E-state index in [1.165, 1.54) is 0 Å².